The maximum atomic E-state index is 10.6. The number of carbonyl (C=O) groups excluding carboxylic acids is 1. The second-order valence-electron chi connectivity index (χ2n) is 4.24. The van der Waals surface area contributed by atoms with Gasteiger partial charge < -0.3 is 0 Å². The van der Waals surface area contributed by atoms with Crippen LogP contribution in [0, 0.1) is 5.92 Å². The van der Waals surface area contributed by atoms with Crippen molar-refractivity contribution in [2.24, 2.45) is 5.92 Å². The second-order valence-corrected chi connectivity index (χ2v) is 4.24. The van der Waals surface area contributed by atoms with E-state index in [9.17, 15) is 4.79 Å². The monoisotopic (exact) mass is 220 g/mol. The number of aldehydes is 1. The Morgan fingerprint density at radius 1 is 1.12 bits per heavy atom. The van der Waals surface area contributed by atoms with Crippen LogP contribution in [-0.2, 0) is 4.79 Å². The Bertz CT molecular complexity index is 282. The van der Waals surface area contributed by atoms with E-state index in [4.69, 9.17) is 0 Å². The predicted octanol–water partition coefficient (Wildman–Crippen LogP) is 4.46. The molecule has 0 radical (unpaired) electrons. The Balaban J connectivity index is 3.97. The van der Waals surface area contributed by atoms with Crippen molar-refractivity contribution in [2.45, 2.75) is 47.0 Å². The Hall–Kier alpha value is -1.11. The van der Waals surface area contributed by atoms with Crippen LogP contribution < -0.4 is 0 Å². The summed E-state index contributed by atoms with van der Waals surface area (Å²) in [5, 5.41) is 0. The van der Waals surface area contributed by atoms with E-state index in [0.29, 0.717) is 5.92 Å². The summed E-state index contributed by atoms with van der Waals surface area (Å²) in [6, 6.07) is 0. The third-order valence-electron chi connectivity index (χ3n) is 2.93. The first-order valence-electron chi connectivity index (χ1n) is 6.02. The quantitative estimate of drug-likeness (QED) is 0.268. The molecule has 0 aliphatic carbocycles. The predicted molar refractivity (Wildman–Crippen MR) is 71.4 cm³/mol. The molecule has 0 spiro atoms. The third kappa shape index (κ3) is 6.39. The lowest BCUT2D eigenvalue weighted by Crippen LogP contribution is -1.98. The van der Waals surface area contributed by atoms with Gasteiger partial charge in [0.1, 0.15) is 6.29 Å². The van der Waals surface area contributed by atoms with Crippen LogP contribution in [0.1, 0.15) is 47.0 Å². The number of carbonyl (C=O) groups is 1. The minimum atomic E-state index is 0.461. The van der Waals surface area contributed by atoms with Crippen molar-refractivity contribution in [3.05, 3.63) is 35.5 Å². The molecule has 0 saturated heterocycles. The summed E-state index contributed by atoms with van der Waals surface area (Å²) in [6.07, 6.45) is 12.9. The summed E-state index contributed by atoms with van der Waals surface area (Å²) in [5.74, 6) is 0.461. The van der Waals surface area contributed by atoms with Gasteiger partial charge in [-0.05, 0) is 51.5 Å². The van der Waals surface area contributed by atoms with Crippen molar-refractivity contribution in [1.82, 2.24) is 0 Å². The minimum Gasteiger partial charge on any atom is -0.298 e. The highest BCUT2D eigenvalue weighted by Gasteiger charge is 2.04. The molecule has 0 fully saturated rings. The molecule has 0 saturated carbocycles. The van der Waals surface area contributed by atoms with Gasteiger partial charge >= 0.3 is 0 Å². The van der Waals surface area contributed by atoms with Crippen LogP contribution in [0.4, 0.5) is 0 Å². The highest BCUT2D eigenvalue weighted by Crippen LogP contribution is 2.17. The highest BCUT2D eigenvalue weighted by atomic mass is 16.1. The van der Waals surface area contributed by atoms with Crippen molar-refractivity contribution >= 4 is 6.29 Å². The SMILES string of the molecule is C/C=C/CC/C=C/CC(C)/C(C)=C(\C)C=O. The Morgan fingerprint density at radius 3 is 2.31 bits per heavy atom. The van der Waals surface area contributed by atoms with E-state index in [1.165, 1.54) is 5.57 Å². The number of unbranched alkanes of at least 4 members (excludes halogenated alkanes) is 1. The van der Waals surface area contributed by atoms with Gasteiger partial charge in [-0.25, -0.2) is 0 Å². The Labute approximate surface area is 99.9 Å². The summed E-state index contributed by atoms with van der Waals surface area (Å²) in [7, 11) is 0. The summed E-state index contributed by atoms with van der Waals surface area (Å²) in [5.41, 5.74) is 2.07. The average Bonchev–Trinajstić information content (AvgIpc) is 2.31. The molecule has 1 heteroatoms. The molecule has 0 aromatic rings. The molecule has 1 nitrogen and oxygen atoms in total. The van der Waals surface area contributed by atoms with Crippen molar-refractivity contribution in [3.63, 3.8) is 0 Å². The topological polar surface area (TPSA) is 17.1 Å². The smallest absolute Gasteiger partial charge is 0.145 e. The van der Waals surface area contributed by atoms with Crippen LogP contribution in [0.25, 0.3) is 0 Å². The van der Waals surface area contributed by atoms with Crippen LogP contribution in [0.15, 0.2) is 35.5 Å². The first kappa shape index (κ1) is 14.9. The molecule has 0 aromatic carbocycles. The van der Waals surface area contributed by atoms with E-state index < -0.39 is 0 Å². The maximum absolute atomic E-state index is 10.6. The number of hydrogen-bond acceptors (Lipinski definition) is 1. The third-order valence-corrected chi connectivity index (χ3v) is 2.93. The van der Waals surface area contributed by atoms with E-state index in [-0.39, 0.29) is 0 Å². The molecule has 16 heavy (non-hydrogen) atoms. The molecule has 90 valence electrons. The van der Waals surface area contributed by atoms with Gasteiger partial charge in [0.05, 0.1) is 0 Å². The van der Waals surface area contributed by atoms with Crippen LogP contribution in [-0.4, -0.2) is 6.29 Å². The second kappa shape index (κ2) is 9.14. The number of rotatable bonds is 7. The summed E-state index contributed by atoms with van der Waals surface area (Å²) in [6.45, 7) is 8.14. The lowest BCUT2D eigenvalue weighted by Gasteiger charge is -2.10. The van der Waals surface area contributed by atoms with Gasteiger partial charge in [-0.1, -0.05) is 36.8 Å². The fourth-order valence-corrected chi connectivity index (χ4v) is 1.44. The van der Waals surface area contributed by atoms with Crippen LogP contribution in [0.2, 0.25) is 0 Å². The molecule has 0 aromatic heterocycles. The van der Waals surface area contributed by atoms with Gasteiger partial charge in [-0.3, -0.25) is 4.79 Å². The van der Waals surface area contributed by atoms with Crippen LogP contribution in [0.3, 0.4) is 0 Å². The molecule has 0 N–H and O–H groups in total. The zero-order valence-electron chi connectivity index (χ0n) is 11.0. The van der Waals surface area contributed by atoms with Crippen molar-refractivity contribution in [2.75, 3.05) is 0 Å². The number of hydrogen-bond donors (Lipinski definition) is 0. The maximum Gasteiger partial charge on any atom is 0.145 e. The van der Waals surface area contributed by atoms with Crippen LogP contribution >= 0.6 is 0 Å². The van der Waals surface area contributed by atoms with Gasteiger partial charge in [0, 0.05) is 0 Å². The Morgan fingerprint density at radius 2 is 1.75 bits per heavy atom. The molecule has 1 atom stereocenters. The normalized spacial score (nSPS) is 15.5. The van der Waals surface area contributed by atoms with Gasteiger partial charge in [0.2, 0.25) is 0 Å². The molecule has 0 bridgehead atoms. The molecule has 0 amide bonds. The molecule has 0 aliphatic rings. The first-order chi connectivity index (χ1) is 7.63. The molecule has 0 rings (SSSR count). The summed E-state index contributed by atoms with van der Waals surface area (Å²) in [4.78, 5) is 10.6. The van der Waals surface area contributed by atoms with E-state index in [2.05, 4.69) is 31.2 Å². The molecule has 1 unspecified atom stereocenters. The van der Waals surface area contributed by atoms with Gasteiger partial charge in [0.15, 0.2) is 0 Å². The highest BCUT2D eigenvalue weighted by molar-refractivity contribution is 5.73. The fraction of sp³-hybridized carbons (Fsp3) is 0.533. The minimum absolute atomic E-state index is 0.461. The largest absolute Gasteiger partial charge is 0.298 e. The van der Waals surface area contributed by atoms with E-state index in [1.54, 1.807) is 0 Å². The van der Waals surface area contributed by atoms with Crippen molar-refractivity contribution in [1.29, 1.82) is 0 Å². The zero-order chi connectivity index (χ0) is 12.4. The van der Waals surface area contributed by atoms with E-state index >= 15 is 0 Å². The summed E-state index contributed by atoms with van der Waals surface area (Å²) >= 11 is 0. The standard InChI is InChI=1S/C15H24O/c1-5-6-7-8-9-10-11-13(2)15(4)14(3)12-16/h5-6,9-10,12-13H,7-8,11H2,1-4H3/b6-5+,10-9+,15-14+. The van der Waals surface area contributed by atoms with Crippen LogP contribution in [0.5, 0.6) is 0 Å². The van der Waals surface area contributed by atoms with Gasteiger partial charge in [-0.2, -0.15) is 0 Å². The van der Waals surface area contributed by atoms with Crippen molar-refractivity contribution in [3.8, 4) is 0 Å². The number of allylic oxidation sites excluding steroid dienone is 6. The first-order valence-corrected chi connectivity index (χ1v) is 6.02. The Kier molecular flexibility index (Phi) is 8.51. The fourth-order valence-electron chi connectivity index (χ4n) is 1.44. The average molecular weight is 220 g/mol. The molecule has 0 heterocycles. The zero-order valence-corrected chi connectivity index (χ0v) is 11.0. The molecular formula is C15H24O. The van der Waals surface area contributed by atoms with E-state index in [1.807, 2.05) is 20.8 Å². The summed E-state index contributed by atoms with van der Waals surface area (Å²) < 4.78 is 0. The molecular weight excluding hydrogens is 196 g/mol. The van der Waals surface area contributed by atoms with Gasteiger partial charge in [-0.15, -0.1) is 0 Å². The molecule has 0 aliphatic heterocycles. The lowest BCUT2D eigenvalue weighted by molar-refractivity contribution is -0.104. The van der Waals surface area contributed by atoms with E-state index in [0.717, 1.165) is 31.1 Å². The van der Waals surface area contributed by atoms with Crippen molar-refractivity contribution < 1.29 is 4.79 Å². The van der Waals surface area contributed by atoms with Gasteiger partial charge in [0.25, 0.3) is 0 Å². The lowest BCUT2D eigenvalue weighted by atomic mass is 9.95.